The lowest BCUT2D eigenvalue weighted by Crippen LogP contribution is -2.27. The number of carbonyl (C=O) groups excluding carboxylic acids is 1. The Morgan fingerprint density at radius 3 is 2.77 bits per heavy atom. The largest absolute Gasteiger partial charge is 0.488 e. The van der Waals surface area contributed by atoms with Crippen LogP contribution in [0.5, 0.6) is 5.75 Å². The third-order valence-corrected chi connectivity index (χ3v) is 5.72. The van der Waals surface area contributed by atoms with Crippen molar-refractivity contribution in [1.29, 1.82) is 0 Å². The van der Waals surface area contributed by atoms with Crippen LogP contribution in [0.1, 0.15) is 18.1 Å². The molecule has 134 valence electrons. The van der Waals surface area contributed by atoms with E-state index in [0.717, 1.165) is 15.6 Å². The summed E-state index contributed by atoms with van der Waals surface area (Å²) in [5.41, 5.74) is 1.62. The number of hydrogen-bond donors (Lipinski definition) is 0. The highest BCUT2D eigenvalue weighted by molar-refractivity contribution is 9.10. The van der Waals surface area contributed by atoms with Gasteiger partial charge in [-0.1, -0.05) is 42.2 Å². The minimum atomic E-state index is -0.287. The van der Waals surface area contributed by atoms with Gasteiger partial charge in [0.1, 0.15) is 22.5 Å². The molecule has 3 rings (SSSR count). The Bertz CT molecular complexity index is 901. The molecular formula is C19H15BrFNO2S2. The summed E-state index contributed by atoms with van der Waals surface area (Å²) in [6.07, 6.45) is 1.82. The van der Waals surface area contributed by atoms with E-state index in [1.54, 1.807) is 17.0 Å². The van der Waals surface area contributed by atoms with Crippen molar-refractivity contribution in [3.05, 3.63) is 68.8 Å². The zero-order valence-corrected chi connectivity index (χ0v) is 17.1. The first kappa shape index (κ1) is 19.1. The predicted molar refractivity (Wildman–Crippen MR) is 110 cm³/mol. The molecule has 1 heterocycles. The maximum absolute atomic E-state index is 13.2. The van der Waals surface area contributed by atoms with E-state index in [0.29, 0.717) is 21.5 Å². The summed E-state index contributed by atoms with van der Waals surface area (Å²) >= 11 is 10.0. The normalized spacial score (nSPS) is 15.8. The number of hydrogen-bond acceptors (Lipinski definition) is 4. The molecule has 7 heteroatoms. The summed E-state index contributed by atoms with van der Waals surface area (Å²) in [6, 6.07) is 11.9. The lowest BCUT2D eigenvalue weighted by atomic mass is 10.2. The summed E-state index contributed by atoms with van der Waals surface area (Å²) in [4.78, 5) is 14.5. The minimum absolute atomic E-state index is 0.0648. The number of benzene rings is 2. The molecule has 0 radical (unpaired) electrons. The van der Waals surface area contributed by atoms with E-state index in [1.807, 2.05) is 31.2 Å². The Balaban J connectivity index is 1.73. The number of likely N-dealkylation sites (N-methyl/N-ethyl adjacent to an activating group) is 1. The van der Waals surface area contributed by atoms with Gasteiger partial charge in [0, 0.05) is 6.54 Å². The summed E-state index contributed by atoms with van der Waals surface area (Å²) in [5, 5.41) is 0. The number of halogens is 2. The van der Waals surface area contributed by atoms with E-state index in [2.05, 4.69) is 15.9 Å². The average molecular weight is 452 g/mol. The van der Waals surface area contributed by atoms with Crippen LogP contribution in [0.4, 0.5) is 4.39 Å². The maximum atomic E-state index is 13.2. The second-order valence-electron chi connectivity index (χ2n) is 5.53. The van der Waals surface area contributed by atoms with Crippen LogP contribution in [0, 0.1) is 5.82 Å². The fourth-order valence-corrected chi connectivity index (χ4v) is 4.33. The van der Waals surface area contributed by atoms with Gasteiger partial charge in [0.15, 0.2) is 0 Å². The first-order chi connectivity index (χ1) is 12.5. The number of amides is 1. The molecule has 0 N–H and O–H groups in total. The van der Waals surface area contributed by atoms with Gasteiger partial charge < -0.3 is 4.74 Å². The molecule has 0 unspecified atom stereocenters. The summed E-state index contributed by atoms with van der Waals surface area (Å²) in [6.45, 7) is 2.73. The summed E-state index contributed by atoms with van der Waals surface area (Å²) in [7, 11) is 0. The maximum Gasteiger partial charge on any atom is 0.266 e. The van der Waals surface area contributed by atoms with Gasteiger partial charge in [0.25, 0.3) is 5.91 Å². The van der Waals surface area contributed by atoms with Crippen LogP contribution in [0.25, 0.3) is 6.08 Å². The molecule has 1 amide bonds. The van der Waals surface area contributed by atoms with Gasteiger partial charge in [-0.25, -0.2) is 4.39 Å². The van der Waals surface area contributed by atoms with Gasteiger partial charge in [-0.2, -0.15) is 0 Å². The van der Waals surface area contributed by atoms with E-state index in [-0.39, 0.29) is 18.3 Å². The van der Waals surface area contributed by atoms with Crippen LogP contribution in [-0.2, 0) is 11.4 Å². The molecule has 1 aliphatic heterocycles. The summed E-state index contributed by atoms with van der Waals surface area (Å²) in [5.74, 6) is 0.294. The van der Waals surface area contributed by atoms with Gasteiger partial charge >= 0.3 is 0 Å². The second-order valence-corrected chi connectivity index (χ2v) is 8.06. The first-order valence-electron chi connectivity index (χ1n) is 7.90. The molecule has 1 saturated heterocycles. The van der Waals surface area contributed by atoms with Gasteiger partial charge in [0.05, 0.1) is 9.38 Å². The molecular weight excluding hydrogens is 437 g/mol. The molecule has 2 aromatic carbocycles. The number of ether oxygens (including phenoxy) is 1. The molecule has 0 aliphatic carbocycles. The molecule has 1 aliphatic rings. The highest BCUT2D eigenvalue weighted by atomic mass is 79.9. The van der Waals surface area contributed by atoms with Crippen LogP contribution in [0.2, 0.25) is 0 Å². The Morgan fingerprint density at radius 1 is 1.31 bits per heavy atom. The van der Waals surface area contributed by atoms with Crippen LogP contribution in [-0.4, -0.2) is 21.7 Å². The molecule has 0 bridgehead atoms. The van der Waals surface area contributed by atoms with Gasteiger partial charge in [-0.15, -0.1) is 0 Å². The lowest BCUT2D eigenvalue weighted by Gasteiger charge is -2.10. The highest BCUT2D eigenvalue weighted by Crippen LogP contribution is 2.34. The Kier molecular flexibility index (Phi) is 6.11. The fraction of sp³-hybridized carbons (Fsp3) is 0.158. The zero-order chi connectivity index (χ0) is 18.7. The lowest BCUT2D eigenvalue weighted by molar-refractivity contribution is -0.121. The predicted octanol–water partition coefficient (Wildman–Crippen LogP) is 5.39. The van der Waals surface area contributed by atoms with E-state index in [4.69, 9.17) is 17.0 Å². The SMILES string of the molecule is CCN1C(=O)/C(=C/c2ccc(OCc3cccc(F)c3)c(Br)c2)SC1=S. The van der Waals surface area contributed by atoms with E-state index >= 15 is 0 Å². The van der Waals surface area contributed by atoms with Gasteiger partial charge in [0.2, 0.25) is 0 Å². The molecule has 3 nitrogen and oxygen atoms in total. The molecule has 26 heavy (non-hydrogen) atoms. The number of thiocarbonyl (C=S) groups is 1. The number of thioether (sulfide) groups is 1. The summed E-state index contributed by atoms with van der Waals surface area (Å²) < 4.78 is 20.3. The smallest absolute Gasteiger partial charge is 0.266 e. The van der Waals surface area contributed by atoms with Crippen molar-refractivity contribution in [1.82, 2.24) is 4.90 Å². The molecule has 2 aromatic rings. The monoisotopic (exact) mass is 451 g/mol. The molecule has 0 aromatic heterocycles. The number of rotatable bonds is 5. The fourth-order valence-electron chi connectivity index (χ4n) is 2.44. The van der Waals surface area contributed by atoms with Crippen molar-refractivity contribution < 1.29 is 13.9 Å². The van der Waals surface area contributed by atoms with Crippen molar-refractivity contribution in [2.75, 3.05) is 6.54 Å². The number of nitrogens with zero attached hydrogens (tertiary/aromatic N) is 1. The van der Waals surface area contributed by atoms with Gasteiger partial charge in [-0.05, 0) is 64.3 Å². The van der Waals surface area contributed by atoms with Gasteiger partial charge in [-0.3, -0.25) is 9.69 Å². The molecule has 0 spiro atoms. The zero-order valence-electron chi connectivity index (χ0n) is 13.9. The Morgan fingerprint density at radius 2 is 2.12 bits per heavy atom. The van der Waals surface area contributed by atoms with Crippen LogP contribution in [0.15, 0.2) is 51.8 Å². The van der Waals surface area contributed by atoms with Crippen molar-refractivity contribution in [3.8, 4) is 5.75 Å². The molecule has 0 atom stereocenters. The highest BCUT2D eigenvalue weighted by Gasteiger charge is 2.30. The van der Waals surface area contributed by atoms with Crippen molar-refractivity contribution >= 4 is 56.2 Å². The third-order valence-electron chi connectivity index (χ3n) is 3.73. The topological polar surface area (TPSA) is 29.5 Å². The van der Waals surface area contributed by atoms with Crippen molar-refractivity contribution in [2.45, 2.75) is 13.5 Å². The van der Waals surface area contributed by atoms with Crippen molar-refractivity contribution in [3.63, 3.8) is 0 Å². The van der Waals surface area contributed by atoms with Crippen LogP contribution in [0.3, 0.4) is 0 Å². The Hall–Kier alpha value is -1.70. The van der Waals surface area contributed by atoms with E-state index in [9.17, 15) is 9.18 Å². The minimum Gasteiger partial charge on any atom is -0.488 e. The molecule has 0 saturated carbocycles. The van der Waals surface area contributed by atoms with Crippen LogP contribution >= 0.6 is 39.9 Å². The third kappa shape index (κ3) is 4.34. The van der Waals surface area contributed by atoms with E-state index < -0.39 is 0 Å². The quantitative estimate of drug-likeness (QED) is 0.450. The molecule has 1 fully saturated rings. The van der Waals surface area contributed by atoms with E-state index in [1.165, 1.54) is 23.9 Å². The average Bonchev–Trinajstić information content (AvgIpc) is 2.87. The van der Waals surface area contributed by atoms with Crippen molar-refractivity contribution in [2.24, 2.45) is 0 Å². The number of carbonyl (C=O) groups is 1. The second kappa shape index (κ2) is 8.33. The standard InChI is InChI=1S/C19H15BrFNO2S2/c1-2-22-18(23)17(26-19(22)25)10-12-6-7-16(15(20)9-12)24-11-13-4-3-5-14(21)8-13/h3-10H,2,11H2,1H3/b17-10-. The Labute approximate surface area is 169 Å². The van der Waals surface area contributed by atoms with Crippen LogP contribution < -0.4 is 4.74 Å². The first-order valence-corrected chi connectivity index (χ1v) is 9.92.